The van der Waals surface area contributed by atoms with Gasteiger partial charge in [-0.25, -0.2) is 13.2 Å². The monoisotopic (exact) mass is 294 g/mol. The normalized spacial score (nSPS) is 11.9. The van der Waals surface area contributed by atoms with Crippen LogP contribution in [0.4, 0.5) is 0 Å². The molecular formula is C9H7ClO5S2. The highest BCUT2D eigenvalue weighted by molar-refractivity contribution is 8.13. The number of rotatable bonds is 3. The number of benzene rings is 1. The molecule has 0 aliphatic rings. The average Bonchev–Trinajstić information content (AvgIpc) is 2.53. The molecule has 0 radical (unpaired) electrons. The van der Waals surface area contributed by atoms with Crippen molar-refractivity contribution >= 4 is 41.4 Å². The van der Waals surface area contributed by atoms with E-state index in [1.165, 1.54) is 13.2 Å². The molecule has 1 aromatic carbocycles. The third-order valence-electron chi connectivity index (χ3n) is 2.06. The van der Waals surface area contributed by atoms with E-state index >= 15 is 0 Å². The maximum atomic E-state index is 11.1. The lowest BCUT2D eigenvalue weighted by atomic mass is 10.2. The molecule has 0 bridgehead atoms. The number of methoxy groups -OCH3 is 1. The second-order valence-corrected chi connectivity index (χ2v) is 7.00. The standard InChI is InChI=1S/C9H7ClO5S2/c1-14-6-3-8-7(15-9(11)16-8)2-5(6)4-17(10,12)13/h2-3H,4H2,1H3. The molecule has 0 amide bonds. The maximum Gasteiger partial charge on any atom is 0.396 e. The quantitative estimate of drug-likeness (QED) is 0.809. The van der Waals surface area contributed by atoms with Crippen LogP contribution in [-0.2, 0) is 14.8 Å². The molecule has 0 saturated heterocycles. The van der Waals surface area contributed by atoms with E-state index in [1.807, 2.05) is 0 Å². The zero-order valence-electron chi connectivity index (χ0n) is 8.60. The highest BCUT2D eigenvalue weighted by Crippen LogP contribution is 2.29. The van der Waals surface area contributed by atoms with Gasteiger partial charge >= 0.3 is 4.94 Å². The van der Waals surface area contributed by atoms with E-state index < -0.39 is 14.0 Å². The first kappa shape index (κ1) is 12.4. The summed E-state index contributed by atoms with van der Waals surface area (Å²) >= 11 is 0.924. The summed E-state index contributed by atoms with van der Waals surface area (Å²) in [5.41, 5.74) is 0.688. The number of hydrogen-bond acceptors (Lipinski definition) is 6. The van der Waals surface area contributed by atoms with Crippen LogP contribution in [0.15, 0.2) is 21.3 Å². The Morgan fingerprint density at radius 2 is 2.18 bits per heavy atom. The molecule has 8 heteroatoms. The SMILES string of the molecule is COc1cc2sc(=O)oc2cc1CS(=O)(=O)Cl. The van der Waals surface area contributed by atoms with Gasteiger partial charge < -0.3 is 9.15 Å². The zero-order chi connectivity index (χ0) is 12.6. The van der Waals surface area contributed by atoms with E-state index in [4.69, 9.17) is 19.8 Å². The molecule has 0 aliphatic carbocycles. The predicted molar refractivity (Wildman–Crippen MR) is 65.4 cm³/mol. The van der Waals surface area contributed by atoms with Crippen LogP contribution < -0.4 is 9.68 Å². The summed E-state index contributed by atoms with van der Waals surface area (Å²) in [5, 5.41) is 0. The second kappa shape index (κ2) is 4.32. The molecule has 1 aromatic heterocycles. The lowest BCUT2D eigenvalue weighted by Crippen LogP contribution is -1.98. The molecule has 0 aliphatic heterocycles. The van der Waals surface area contributed by atoms with Crippen LogP contribution in [0.2, 0.25) is 0 Å². The molecule has 1 heterocycles. The molecule has 0 N–H and O–H groups in total. The van der Waals surface area contributed by atoms with Gasteiger partial charge in [-0.05, 0) is 6.07 Å². The number of hydrogen-bond donors (Lipinski definition) is 0. The van der Waals surface area contributed by atoms with Crippen molar-refractivity contribution in [3.05, 3.63) is 27.4 Å². The fourth-order valence-corrected chi connectivity index (χ4v) is 3.06. The van der Waals surface area contributed by atoms with Crippen LogP contribution in [0.25, 0.3) is 10.3 Å². The number of fused-ring (bicyclic) bond motifs is 1. The number of ether oxygens (including phenoxy) is 1. The zero-order valence-corrected chi connectivity index (χ0v) is 11.0. The van der Waals surface area contributed by atoms with Gasteiger partial charge in [-0.2, -0.15) is 0 Å². The first-order valence-electron chi connectivity index (χ1n) is 4.42. The minimum atomic E-state index is -3.70. The predicted octanol–water partition coefficient (Wildman–Crippen LogP) is 1.93. The van der Waals surface area contributed by atoms with Gasteiger partial charge in [0.1, 0.15) is 11.3 Å². The van der Waals surface area contributed by atoms with Gasteiger partial charge in [-0.15, -0.1) is 0 Å². The van der Waals surface area contributed by atoms with Crippen molar-refractivity contribution in [3.8, 4) is 5.75 Å². The average molecular weight is 295 g/mol. The summed E-state index contributed by atoms with van der Waals surface area (Å²) in [7, 11) is 2.90. The largest absolute Gasteiger partial charge is 0.496 e. The fraction of sp³-hybridized carbons (Fsp3) is 0.222. The first-order chi connectivity index (χ1) is 7.89. The van der Waals surface area contributed by atoms with Crippen LogP contribution in [0.5, 0.6) is 5.75 Å². The van der Waals surface area contributed by atoms with Crippen LogP contribution >= 0.6 is 22.0 Å². The Kier molecular flexibility index (Phi) is 3.15. The first-order valence-corrected chi connectivity index (χ1v) is 7.71. The molecule has 0 spiro atoms. The van der Waals surface area contributed by atoms with Gasteiger partial charge in [-0.1, -0.05) is 11.3 Å². The molecule has 2 aromatic rings. The third kappa shape index (κ3) is 2.80. The minimum absolute atomic E-state index is 0.330. The van der Waals surface area contributed by atoms with Gasteiger partial charge in [0.15, 0.2) is 0 Å². The molecule has 92 valence electrons. The lowest BCUT2D eigenvalue weighted by molar-refractivity contribution is 0.411. The van der Waals surface area contributed by atoms with Gasteiger partial charge in [-0.3, -0.25) is 0 Å². The maximum absolute atomic E-state index is 11.1. The molecule has 5 nitrogen and oxygen atoms in total. The van der Waals surface area contributed by atoms with Crippen LogP contribution in [0.3, 0.4) is 0 Å². The summed E-state index contributed by atoms with van der Waals surface area (Å²) in [6, 6.07) is 3.01. The lowest BCUT2D eigenvalue weighted by Gasteiger charge is -2.06. The Bertz CT molecular complexity index is 713. The van der Waals surface area contributed by atoms with Gasteiger partial charge in [0.25, 0.3) is 0 Å². The van der Waals surface area contributed by atoms with E-state index in [0.717, 1.165) is 11.3 Å². The summed E-state index contributed by atoms with van der Waals surface area (Å²) in [6.45, 7) is 0. The summed E-state index contributed by atoms with van der Waals surface area (Å²) in [5.74, 6) is -0.0217. The molecule has 0 saturated carbocycles. The fourth-order valence-electron chi connectivity index (χ4n) is 1.43. The minimum Gasteiger partial charge on any atom is -0.496 e. The molecule has 17 heavy (non-hydrogen) atoms. The van der Waals surface area contributed by atoms with E-state index in [9.17, 15) is 13.2 Å². The molecule has 0 atom stereocenters. The summed E-state index contributed by atoms with van der Waals surface area (Å²) in [6.07, 6.45) is 0. The van der Waals surface area contributed by atoms with Crippen molar-refractivity contribution in [2.75, 3.05) is 7.11 Å². The van der Waals surface area contributed by atoms with Crippen molar-refractivity contribution < 1.29 is 17.6 Å². The summed E-state index contributed by atoms with van der Waals surface area (Å²) < 4.78 is 32.6. The second-order valence-electron chi connectivity index (χ2n) is 3.25. The van der Waals surface area contributed by atoms with Crippen LogP contribution in [-0.4, -0.2) is 15.5 Å². The Labute approximate surface area is 105 Å². The van der Waals surface area contributed by atoms with E-state index in [1.54, 1.807) is 6.07 Å². The van der Waals surface area contributed by atoms with E-state index in [2.05, 4.69) is 0 Å². The van der Waals surface area contributed by atoms with Crippen molar-refractivity contribution in [1.29, 1.82) is 0 Å². The molecule has 0 unspecified atom stereocenters. The van der Waals surface area contributed by atoms with Gasteiger partial charge in [0.2, 0.25) is 9.05 Å². The highest BCUT2D eigenvalue weighted by Gasteiger charge is 2.15. The highest BCUT2D eigenvalue weighted by atomic mass is 35.7. The van der Waals surface area contributed by atoms with Gasteiger partial charge in [0, 0.05) is 22.3 Å². The van der Waals surface area contributed by atoms with Crippen molar-refractivity contribution in [1.82, 2.24) is 0 Å². The van der Waals surface area contributed by atoms with Gasteiger partial charge in [0.05, 0.1) is 17.6 Å². The van der Waals surface area contributed by atoms with Crippen molar-refractivity contribution in [2.45, 2.75) is 5.75 Å². The van der Waals surface area contributed by atoms with Crippen LogP contribution in [0, 0.1) is 0 Å². The Morgan fingerprint density at radius 1 is 1.47 bits per heavy atom. The number of halogens is 1. The Hall–Kier alpha value is -1.05. The molecule has 2 rings (SSSR count). The van der Waals surface area contributed by atoms with Crippen LogP contribution in [0.1, 0.15) is 5.56 Å². The van der Waals surface area contributed by atoms with E-state index in [-0.39, 0.29) is 5.75 Å². The molecular weight excluding hydrogens is 288 g/mol. The topological polar surface area (TPSA) is 73.6 Å². The Morgan fingerprint density at radius 3 is 2.76 bits per heavy atom. The Balaban J connectivity index is 2.64. The smallest absolute Gasteiger partial charge is 0.396 e. The third-order valence-corrected chi connectivity index (χ3v) is 3.83. The molecule has 0 fully saturated rings. The van der Waals surface area contributed by atoms with Crippen molar-refractivity contribution in [2.24, 2.45) is 0 Å². The summed E-state index contributed by atoms with van der Waals surface area (Å²) in [4.78, 5) is 10.6. The van der Waals surface area contributed by atoms with E-state index in [0.29, 0.717) is 21.6 Å². The van der Waals surface area contributed by atoms with Crippen molar-refractivity contribution in [3.63, 3.8) is 0 Å².